The minimum absolute atomic E-state index is 0.0519. The van der Waals surface area contributed by atoms with Crippen LogP contribution in [-0.4, -0.2) is 11.7 Å². The summed E-state index contributed by atoms with van der Waals surface area (Å²) in [5.74, 6) is 0. The number of nitrogens with one attached hydrogen (secondary N) is 1. The van der Waals surface area contributed by atoms with Crippen molar-refractivity contribution in [3.8, 4) is 0 Å². The van der Waals surface area contributed by atoms with Gasteiger partial charge in [-0.05, 0) is 63.3 Å². The van der Waals surface area contributed by atoms with E-state index in [9.17, 15) is 4.79 Å². The van der Waals surface area contributed by atoms with Gasteiger partial charge in [-0.3, -0.25) is 0 Å². The van der Waals surface area contributed by atoms with Gasteiger partial charge in [0.05, 0.1) is 6.04 Å². The molecular formula is C15H20BrNO2. The van der Waals surface area contributed by atoms with Crippen LogP contribution in [0.1, 0.15) is 50.8 Å². The van der Waals surface area contributed by atoms with Crippen LogP contribution in [0.3, 0.4) is 0 Å². The van der Waals surface area contributed by atoms with E-state index in [4.69, 9.17) is 4.74 Å². The zero-order chi connectivity index (χ0) is 14.0. The lowest BCUT2D eigenvalue weighted by atomic mass is 9.88. The van der Waals surface area contributed by atoms with E-state index in [1.807, 2.05) is 20.8 Å². The highest BCUT2D eigenvalue weighted by Gasteiger charge is 2.24. The van der Waals surface area contributed by atoms with Crippen molar-refractivity contribution in [2.24, 2.45) is 0 Å². The zero-order valence-electron chi connectivity index (χ0n) is 11.6. The van der Waals surface area contributed by atoms with Gasteiger partial charge in [-0.2, -0.15) is 0 Å². The summed E-state index contributed by atoms with van der Waals surface area (Å²) in [5.41, 5.74) is 2.06. The lowest BCUT2D eigenvalue weighted by Gasteiger charge is -2.28. The van der Waals surface area contributed by atoms with Crippen molar-refractivity contribution in [2.45, 2.75) is 51.7 Å². The average Bonchev–Trinajstić information content (AvgIpc) is 2.27. The monoisotopic (exact) mass is 325 g/mol. The van der Waals surface area contributed by atoms with Crippen LogP contribution >= 0.6 is 15.9 Å². The highest BCUT2D eigenvalue weighted by Crippen LogP contribution is 2.32. The Morgan fingerprint density at radius 1 is 1.42 bits per heavy atom. The third kappa shape index (κ3) is 3.96. The first-order chi connectivity index (χ1) is 8.85. The van der Waals surface area contributed by atoms with E-state index < -0.39 is 5.60 Å². The summed E-state index contributed by atoms with van der Waals surface area (Å²) in [6, 6.07) is 6.32. The maximum Gasteiger partial charge on any atom is 0.408 e. The van der Waals surface area contributed by atoms with Crippen LogP contribution in [0.2, 0.25) is 0 Å². The van der Waals surface area contributed by atoms with E-state index in [1.54, 1.807) is 0 Å². The fraction of sp³-hybridized carbons (Fsp3) is 0.533. The van der Waals surface area contributed by atoms with Crippen LogP contribution in [0.5, 0.6) is 0 Å². The Bertz CT molecular complexity index is 480. The number of carbonyl (C=O) groups excluding carboxylic acids is 1. The van der Waals surface area contributed by atoms with Gasteiger partial charge in [0.2, 0.25) is 0 Å². The Kier molecular flexibility index (Phi) is 4.19. The fourth-order valence-corrected chi connectivity index (χ4v) is 2.75. The number of hydrogen-bond acceptors (Lipinski definition) is 2. The number of benzene rings is 1. The first-order valence-electron chi connectivity index (χ1n) is 6.63. The van der Waals surface area contributed by atoms with Gasteiger partial charge in [-0.25, -0.2) is 4.79 Å². The first kappa shape index (κ1) is 14.4. The molecule has 1 aliphatic rings. The summed E-state index contributed by atoms with van der Waals surface area (Å²) < 4.78 is 6.37. The van der Waals surface area contributed by atoms with Crippen molar-refractivity contribution in [3.63, 3.8) is 0 Å². The normalized spacial score (nSPS) is 18.6. The van der Waals surface area contributed by atoms with Gasteiger partial charge >= 0.3 is 6.09 Å². The summed E-state index contributed by atoms with van der Waals surface area (Å²) in [6.07, 6.45) is 2.79. The van der Waals surface area contributed by atoms with Crippen molar-refractivity contribution < 1.29 is 9.53 Å². The molecule has 0 aliphatic heterocycles. The van der Waals surface area contributed by atoms with Gasteiger partial charge < -0.3 is 10.1 Å². The Morgan fingerprint density at radius 2 is 2.16 bits per heavy atom. The van der Waals surface area contributed by atoms with E-state index in [2.05, 4.69) is 39.4 Å². The smallest absolute Gasteiger partial charge is 0.408 e. The molecule has 1 aromatic rings. The van der Waals surface area contributed by atoms with Crippen molar-refractivity contribution >= 4 is 22.0 Å². The molecule has 0 bridgehead atoms. The zero-order valence-corrected chi connectivity index (χ0v) is 13.2. The number of amides is 1. The van der Waals surface area contributed by atoms with Gasteiger partial charge in [0, 0.05) is 4.47 Å². The molecule has 1 atom stereocenters. The standard InChI is InChI=1S/C15H20BrNO2/c1-15(2,3)19-14(18)17-13-6-4-5-10-7-8-11(16)9-12(10)13/h7-9,13H,4-6H2,1-3H3,(H,17,18). The molecule has 0 saturated carbocycles. The number of halogens is 1. The predicted octanol–water partition coefficient (Wildman–Crippen LogP) is 4.35. The lowest BCUT2D eigenvalue weighted by molar-refractivity contribution is 0.0498. The number of carbonyl (C=O) groups is 1. The average molecular weight is 326 g/mol. The molecule has 0 aromatic heterocycles. The highest BCUT2D eigenvalue weighted by molar-refractivity contribution is 9.10. The summed E-state index contributed by atoms with van der Waals surface area (Å²) in [4.78, 5) is 11.9. The number of alkyl carbamates (subject to hydrolysis) is 1. The molecule has 1 N–H and O–H groups in total. The van der Waals surface area contributed by atoms with Crippen LogP contribution in [0, 0.1) is 0 Å². The molecule has 1 aliphatic carbocycles. The van der Waals surface area contributed by atoms with Gasteiger partial charge in [0.15, 0.2) is 0 Å². The van der Waals surface area contributed by atoms with Crippen LogP contribution in [0.25, 0.3) is 0 Å². The van der Waals surface area contributed by atoms with E-state index >= 15 is 0 Å². The van der Waals surface area contributed by atoms with Gasteiger partial charge in [0.1, 0.15) is 5.60 Å². The second kappa shape index (κ2) is 5.53. The molecule has 3 nitrogen and oxygen atoms in total. The molecule has 19 heavy (non-hydrogen) atoms. The Labute approximate surface area is 122 Å². The molecule has 1 unspecified atom stereocenters. The Balaban J connectivity index is 2.11. The topological polar surface area (TPSA) is 38.3 Å². The third-order valence-corrected chi connectivity index (χ3v) is 3.61. The van der Waals surface area contributed by atoms with Crippen molar-refractivity contribution in [2.75, 3.05) is 0 Å². The van der Waals surface area contributed by atoms with Gasteiger partial charge in [-0.15, -0.1) is 0 Å². The van der Waals surface area contributed by atoms with Crippen LogP contribution < -0.4 is 5.32 Å². The Hall–Kier alpha value is -1.03. The quantitative estimate of drug-likeness (QED) is 0.833. The number of fused-ring (bicyclic) bond motifs is 1. The number of ether oxygens (including phenoxy) is 1. The fourth-order valence-electron chi connectivity index (χ4n) is 2.37. The van der Waals surface area contributed by atoms with Crippen LogP contribution in [0.4, 0.5) is 4.79 Å². The van der Waals surface area contributed by atoms with E-state index in [0.717, 1.165) is 23.7 Å². The minimum Gasteiger partial charge on any atom is -0.444 e. The van der Waals surface area contributed by atoms with E-state index in [1.165, 1.54) is 11.1 Å². The lowest BCUT2D eigenvalue weighted by Crippen LogP contribution is -2.36. The molecule has 0 saturated heterocycles. The Morgan fingerprint density at radius 3 is 2.84 bits per heavy atom. The molecule has 2 rings (SSSR count). The highest BCUT2D eigenvalue weighted by atomic mass is 79.9. The second-order valence-electron chi connectivity index (χ2n) is 5.93. The number of rotatable bonds is 1. The molecule has 0 heterocycles. The molecule has 104 valence electrons. The number of aryl methyl sites for hydroxylation is 1. The van der Waals surface area contributed by atoms with Crippen molar-refractivity contribution in [1.29, 1.82) is 0 Å². The SMILES string of the molecule is CC(C)(C)OC(=O)NC1CCCc2ccc(Br)cc21. The number of hydrogen-bond donors (Lipinski definition) is 1. The molecule has 1 aromatic carbocycles. The first-order valence-corrected chi connectivity index (χ1v) is 7.42. The van der Waals surface area contributed by atoms with Crippen molar-refractivity contribution in [3.05, 3.63) is 33.8 Å². The minimum atomic E-state index is -0.459. The molecule has 0 spiro atoms. The molecule has 0 radical (unpaired) electrons. The summed E-state index contributed by atoms with van der Waals surface area (Å²) >= 11 is 3.49. The van der Waals surface area contributed by atoms with Gasteiger partial charge in [-0.1, -0.05) is 22.0 Å². The third-order valence-electron chi connectivity index (χ3n) is 3.11. The maximum absolute atomic E-state index is 11.9. The van der Waals surface area contributed by atoms with Crippen LogP contribution in [-0.2, 0) is 11.2 Å². The largest absolute Gasteiger partial charge is 0.444 e. The second-order valence-corrected chi connectivity index (χ2v) is 6.85. The van der Waals surface area contributed by atoms with Crippen molar-refractivity contribution in [1.82, 2.24) is 5.32 Å². The predicted molar refractivity (Wildman–Crippen MR) is 79.2 cm³/mol. The summed E-state index contributed by atoms with van der Waals surface area (Å²) in [7, 11) is 0. The van der Waals surface area contributed by atoms with E-state index in [0.29, 0.717) is 0 Å². The molecular weight excluding hydrogens is 306 g/mol. The van der Waals surface area contributed by atoms with Gasteiger partial charge in [0.25, 0.3) is 0 Å². The maximum atomic E-state index is 11.9. The van der Waals surface area contributed by atoms with E-state index in [-0.39, 0.29) is 12.1 Å². The molecule has 0 fully saturated rings. The van der Waals surface area contributed by atoms with Crippen LogP contribution in [0.15, 0.2) is 22.7 Å². The molecule has 4 heteroatoms. The summed E-state index contributed by atoms with van der Waals surface area (Å²) in [6.45, 7) is 5.62. The summed E-state index contributed by atoms with van der Waals surface area (Å²) in [5, 5.41) is 2.98. The molecule has 1 amide bonds.